The first-order valence-electron chi connectivity index (χ1n) is 11.1. The molecule has 0 unspecified atom stereocenters. The van der Waals surface area contributed by atoms with E-state index < -0.39 is 0 Å². The molecule has 0 bridgehead atoms. The number of hydrogen-bond acceptors (Lipinski definition) is 4. The first-order valence-corrected chi connectivity index (χ1v) is 11.9. The molecule has 1 aliphatic rings. The fourth-order valence-corrected chi connectivity index (χ4v) is 5.67. The Kier molecular flexibility index (Phi) is 5.71. The van der Waals surface area contributed by atoms with Crippen molar-refractivity contribution in [2.75, 3.05) is 0 Å². The normalized spacial score (nSPS) is 15.1. The molecular formula is C24H32N4OS. The molecule has 0 spiro atoms. The van der Waals surface area contributed by atoms with Crippen molar-refractivity contribution in [3.8, 4) is 11.3 Å². The lowest BCUT2D eigenvalue weighted by atomic mass is 10.0. The van der Waals surface area contributed by atoms with Crippen LogP contribution in [0.15, 0.2) is 18.3 Å². The molecule has 30 heavy (non-hydrogen) atoms. The van der Waals surface area contributed by atoms with Crippen LogP contribution in [0.2, 0.25) is 0 Å². The van der Waals surface area contributed by atoms with E-state index >= 15 is 0 Å². The molecule has 0 radical (unpaired) electrons. The fourth-order valence-electron chi connectivity index (χ4n) is 4.74. The number of pyridine rings is 1. The molecule has 1 amide bonds. The highest BCUT2D eigenvalue weighted by Crippen LogP contribution is 2.34. The van der Waals surface area contributed by atoms with Gasteiger partial charge in [-0.1, -0.05) is 12.8 Å². The molecule has 3 aromatic rings. The molecule has 6 heteroatoms. The zero-order chi connectivity index (χ0) is 21.6. The molecule has 3 heterocycles. The van der Waals surface area contributed by atoms with Crippen molar-refractivity contribution >= 4 is 28.3 Å². The second kappa shape index (κ2) is 8.14. The van der Waals surface area contributed by atoms with Gasteiger partial charge in [0.1, 0.15) is 0 Å². The summed E-state index contributed by atoms with van der Waals surface area (Å²) in [6, 6.07) is 4.84. The van der Waals surface area contributed by atoms with Crippen molar-refractivity contribution in [3.05, 3.63) is 33.6 Å². The molecule has 1 saturated carbocycles. The number of aryl methyl sites for hydroxylation is 2. The fraction of sp³-hybridized carbons (Fsp3) is 0.542. The number of nitrogens with zero attached hydrogens (tertiary/aromatic N) is 4. The number of carbonyl (C=O) groups excluding carboxylic acids is 1. The van der Waals surface area contributed by atoms with E-state index in [0.29, 0.717) is 6.04 Å². The molecule has 0 N–H and O–H groups in total. The van der Waals surface area contributed by atoms with Crippen molar-refractivity contribution < 1.29 is 4.79 Å². The van der Waals surface area contributed by atoms with E-state index in [-0.39, 0.29) is 18.0 Å². The van der Waals surface area contributed by atoms with Gasteiger partial charge in [0.15, 0.2) is 5.65 Å². The van der Waals surface area contributed by atoms with E-state index in [1.807, 2.05) is 16.9 Å². The van der Waals surface area contributed by atoms with E-state index in [4.69, 9.17) is 4.98 Å². The zero-order valence-corrected chi connectivity index (χ0v) is 19.7. The Hall–Kier alpha value is -2.21. The van der Waals surface area contributed by atoms with E-state index in [2.05, 4.69) is 57.6 Å². The third-order valence-corrected chi connectivity index (χ3v) is 7.08. The summed E-state index contributed by atoms with van der Waals surface area (Å²) in [5.41, 5.74) is 3.50. The van der Waals surface area contributed by atoms with Crippen LogP contribution in [0.5, 0.6) is 0 Å². The molecular weight excluding hydrogens is 392 g/mol. The highest BCUT2D eigenvalue weighted by Gasteiger charge is 2.31. The molecule has 0 aromatic carbocycles. The van der Waals surface area contributed by atoms with Crippen molar-refractivity contribution in [2.45, 2.75) is 85.4 Å². The molecule has 0 atom stereocenters. The maximum Gasteiger partial charge on any atom is 0.255 e. The van der Waals surface area contributed by atoms with Gasteiger partial charge in [-0.15, -0.1) is 11.3 Å². The van der Waals surface area contributed by atoms with Gasteiger partial charge in [-0.3, -0.25) is 4.79 Å². The molecule has 0 saturated heterocycles. The minimum absolute atomic E-state index is 0.110. The summed E-state index contributed by atoms with van der Waals surface area (Å²) in [7, 11) is 0. The number of rotatable bonds is 5. The molecule has 3 aromatic heterocycles. The lowest BCUT2D eigenvalue weighted by molar-refractivity contribution is 0.0615. The lowest BCUT2D eigenvalue weighted by Crippen LogP contribution is -2.43. The number of hydrogen-bond donors (Lipinski definition) is 0. The second-order valence-electron chi connectivity index (χ2n) is 9.05. The van der Waals surface area contributed by atoms with Crippen LogP contribution in [0.1, 0.15) is 79.5 Å². The number of aromatic nitrogens is 3. The monoisotopic (exact) mass is 424 g/mol. The van der Waals surface area contributed by atoms with E-state index in [1.165, 1.54) is 22.6 Å². The summed E-state index contributed by atoms with van der Waals surface area (Å²) >= 11 is 1.77. The number of amides is 1. The minimum atomic E-state index is 0.110. The van der Waals surface area contributed by atoms with E-state index in [9.17, 15) is 4.79 Å². The Morgan fingerprint density at radius 1 is 1.17 bits per heavy atom. The Labute approximate surface area is 183 Å². The molecule has 5 nitrogen and oxygen atoms in total. The first kappa shape index (κ1) is 21.0. The average Bonchev–Trinajstić information content (AvgIpc) is 3.40. The lowest BCUT2D eigenvalue weighted by Gasteiger charge is -2.33. The van der Waals surface area contributed by atoms with Crippen molar-refractivity contribution in [3.63, 3.8) is 0 Å². The molecule has 4 rings (SSSR count). The maximum atomic E-state index is 13.9. The maximum absolute atomic E-state index is 13.9. The van der Waals surface area contributed by atoms with Gasteiger partial charge in [0, 0.05) is 33.4 Å². The minimum Gasteiger partial charge on any atom is -0.333 e. The van der Waals surface area contributed by atoms with Crippen molar-refractivity contribution in [1.82, 2.24) is 19.7 Å². The summed E-state index contributed by atoms with van der Waals surface area (Å²) < 4.78 is 1.93. The van der Waals surface area contributed by atoms with Crippen LogP contribution in [0.3, 0.4) is 0 Å². The van der Waals surface area contributed by atoms with Gasteiger partial charge >= 0.3 is 0 Å². The third kappa shape index (κ3) is 3.66. The molecule has 160 valence electrons. The summed E-state index contributed by atoms with van der Waals surface area (Å²) in [5, 5.41) is 5.44. The summed E-state index contributed by atoms with van der Waals surface area (Å²) in [6.07, 6.45) is 6.42. The third-order valence-electron chi connectivity index (χ3n) is 6.11. The van der Waals surface area contributed by atoms with Crippen LogP contribution in [0.4, 0.5) is 0 Å². The van der Waals surface area contributed by atoms with Gasteiger partial charge in [-0.05, 0) is 66.5 Å². The van der Waals surface area contributed by atoms with Crippen molar-refractivity contribution in [1.29, 1.82) is 0 Å². The smallest absolute Gasteiger partial charge is 0.255 e. The van der Waals surface area contributed by atoms with Gasteiger partial charge in [-0.2, -0.15) is 5.10 Å². The molecule has 0 aliphatic heterocycles. The Balaban J connectivity index is 1.91. The Bertz CT molecular complexity index is 1070. The van der Waals surface area contributed by atoms with E-state index in [1.54, 1.807) is 11.3 Å². The summed E-state index contributed by atoms with van der Waals surface area (Å²) in [6.45, 7) is 12.7. The summed E-state index contributed by atoms with van der Waals surface area (Å²) in [5.74, 6) is 0.110. The average molecular weight is 425 g/mol. The molecule has 1 aliphatic carbocycles. The highest BCUT2D eigenvalue weighted by molar-refractivity contribution is 7.12. The van der Waals surface area contributed by atoms with Gasteiger partial charge in [0.2, 0.25) is 0 Å². The van der Waals surface area contributed by atoms with Crippen LogP contribution >= 0.6 is 11.3 Å². The van der Waals surface area contributed by atoms with Crippen LogP contribution < -0.4 is 0 Å². The summed E-state index contributed by atoms with van der Waals surface area (Å²) in [4.78, 5) is 23.5. The van der Waals surface area contributed by atoms with Crippen LogP contribution in [-0.2, 0) is 0 Å². The highest BCUT2D eigenvalue weighted by atomic mass is 32.1. The topological polar surface area (TPSA) is 51.0 Å². The quantitative estimate of drug-likeness (QED) is 0.493. The second-order valence-corrected chi connectivity index (χ2v) is 10.5. The SMILES string of the molecule is Cc1cc(-c2cc(C(=O)N(C(C)C)C3CCCC3)c3cnn(C(C)C)c3n2)c(C)s1. The number of fused-ring (bicyclic) bond motifs is 1. The van der Waals surface area contributed by atoms with Gasteiger partial charge < -0.3 is 4.90 Å². The van der Waals surface area contributed by atoms with Crippen molar-refractivity contribution in [2.24, 2.45) is 0 Å². The first-order chi connectivity index (χ1) is 14.3. The predicted octanol–water partition coefficient (Wildman–Crippen LogP) is 6.15. The van der Waals surface area contributed by atoms with Crippen LogP contribution in [0.25, 0.3) is 22.3 Å². The Morgan fingerprint density at radius 2 is 1.87 bits per heavy atom. The largest absolute Gasteiger partial charge is 0.333 e. The van der Waals surface area contributed by atoms with Crippen LogP contribution in [0, 0.1) is 13.8 Å². The zero-order valence-electron chi connectivity index (χ0n) is 18.9. The predicted molar refractivity (Wildman–Crippen MR) is 124 cm³/mol. The van der Waals surface area contributed by atoms with Gasteiger partial charge in [-0.25, -0.2) is 9.67 Å². The number of carbonyl (C=O) groups is 1. The molecule has 1 fully saturated rings. The standard InChI is InChI=1S/C24H32N4OS/c1-14(2)27(18-9-7-8-10-18)24(29)20-12-22(19-11-16(5)30-17(19)6)26-23-21(20)13-25-28(23)15(3)4/h11-15,18H,7-10H2,1-6H3. The van der Waals surface area contributed by atoms with Gasteiger partial charge in [0.05, 0.1) is 22.8 Å². The number of thiophene rings is 1. The van der Waals surface area contributed by atoms with Crippen LogP contribution in [-0.4, -0.2) is 37.7 Å². The Morgan fingerprint density at radius 3 is 2.43 bits per heavy atom. The van der Waals surface area contributed by atoms with Gasteiger partial charge in [0.25, 0.3) is 5.91 Å². The van der Waals surface area contributed by atoms with E-state index in [0.717, 1.165) is 40.7 Å².